The van der Waals surface area contributed by atoms with E-state index in [1.807, 2.05) is 32.9 Å². The number of hydrogen-bond acceptors (Lipinski definition) is 4. The van der Waals surface area contributed by atoms with Crippen molar-refractivity contribution in [2.45, 2.75) is 44.4 Å². The van der Waals surface area contributed by atoms with Crippen molar-refractivity contribution in [2.75, 3.05) is 0 Å². The van der Waals surface area contributed by atoms with Crippen molar-refractivity contribution < 1.29 is 9.21 Å². The summed E-state index contributed by atoms with van der Waals surface area (Å²) in [5.74, 6) is 2.09. The molecule has 1 amide bonds. The lowest BCUT2D eigenvalue weighted by atomic mass is 10.1. The third kappa shape index (κ3) is 5.01. The minimum Gasteiger partial charge on any atom is -0.441 e. The fraction of sp³-hybridized carbons (Fsp3) is 0.273. The molecule has 0 saturated carbocycles. The molecule has 0 unspecified atom stereocenters. The summed E-state index contributed by atoms with van der Waals surface area (Å²) in [5, 5.41) is 2.89. The van der Waals surface area contributed by atoms with E-state index in [0.29, 0.717) is 11.5 Å². The van der Waals surface area contributed by atoms with E-state index in [4.69, 9.17) is 4.42 Å². The summed E-state index contributed by atoms with van der Waals surface area (Å²) in [6, 6.07) is 15.9. The Labute approximate surface area is 164 Å². The zero-order valence-corrected chi connectivity index (χ0v) is 16.9. The molecule has 0 bridgehead atoms. The van der Waals surface area contributed by atoms with Gasteiger partial charge in [0.15, 0.2) is 0 Å². The van der Waals surface area contributed by atoms with Crippen LogP contribution in [0.1, 0.15) is 41.2 Å². The normalized spacial score (nSPS) is 11.0. The van der Waals surface area contributed by atoms with Gasteiger partial charge in [-0.2, -0.15) is 0 Å². The summed E-state index contributed by atoms with van der Waals surface area (Å²) in [6.07, 6.45) is 0. The number of rotatable bonds is 6. The number of oxazole rings is 1. The number of amides is 1. The number of aromatic nitrogens is 1. The van der Waals surface area contributed by atoms with Crippen LogP contribution in [0.4, 0.5) is 0 Å². The van der Waals surface area contributed by atoms with Gasteiger partial charge < -0.3 is 9.73 Å². The summed E-state index contributed by atoms with van der Waals surface area (Å²) >= 11 is 1.74. The number of nitrogens with zero attached hydrogens (tertiary/aromatic N) is 1. The van der Waals surface area contributed by atoms with Gasteiger partial charge in [-0.15, -0.1) is 11.8 Å². The van der Waals surface area contributed by atoms with Gasteiger partial charge >= 0.3 is 0 Å². The molecule has 4 nitrogen and oxygen atoms in total. The molecule has 27 heavy (non-hydrogen) atoms. The molecule has 0 aliphatic heterocycles. The van der Waals surface area contributed by atoms with Crippen LogP contribution in [0.2, 0.25) is 0 Å². The summed E-state index contributed by atoms with van der Waals surface area (Å²) in [6.45, 7) is 7.90. The van der Waals surface area contributed by atoms with Gasteiger partial charge in [0.25, 0.3) is 5.91 Å². The van der Waals surface area contributed by atoms with Crippen LogP contribution in [0.3, 0.4) is 0 Å². The van der Waals surface area contributed by atoms with Crippen molar-refractivity contribution in [3.63, 3.8) is 0 Å². The van der Waals surface area contributed by atoms with E-state index in [-0.39, 0.29) is 11.9 Å². The molecule has 0 fully saturated rings. The third-order valence-corrected chi connectivity index (χ3v) is 5.13. The van der Waals surface area contributed by atoms with Crippen molar-refractivity contribution in [3.05, 3.63) is 71.1 Å². The van der Waals surface area contributed by atoms with Crippen molar-refractivity contribution in [3.8, 4) is 11.5 Å². The Balaban J connectivity index is 1.70. The highest BCUT2D eigenvalue weighted by atomic mass is 32.2. The molecule has 3 rings (SSSR count). The van der Waals surface area contributed by atoms with E-state index in [1.165, 1.54) is 10.5 Å². The number of nitrogens with one attached hydrogen (secondary N) is 1. The lowest BCUT2D eigenvalue weighted by Gasteiger charge is -2.08. The Morgan fingerprint density at radius 3 is 2.37 bits per heavy atom. The molecular formula is C22H24N2O2S. The SMILES string of the molecule is Cc1ccc(SCc2nc(-c3ccc(C(=O)NC(C)C)cc3)oc2C)cc1. The number of thioether (sulfide) groups is 1. The van der Waals surface area contributed by atoms with Crippen LogP contribution in [0, 0.1) is 13.8 Å². The first-order chi connectivity index (χ1) is 12.9. The molecule has 0 atom stereocenters. The van der Waals surface area contributed by atoms with Crippen LogP contribution in [-0.2, 0) is 5.75 Å². The predicted molar refractivity (Wildman–Crippen MR) is 110 cm³/mol. The van der Waals surface area contributed by atoms with Crippen molar-refractivity contribution in [1.82, 2.24) is 10.3 Å². The molecule has 2 aromatic carbocycles. The molecule has 5 heteroatoms. The monoisotopic (exact) mass is 380 g/mol. The Hall–Kier alpha value is -2.53. The average Bonchev–Trinajstić information content (AvgIpc) is 3.01. The molecule has 1 N–H and O–H groups in total. The second-order valence-corrected chi connectivity index (χ2v) is 7.88. The number of carbonyl (C=O) groups excluding carboxylic acids is 1. The highest BCUT2D eigenvalue weighted by molar-refractivity contribution is 7.98. The minimum absolute atomic E-state index is 0.0738. The molecule has 0 spiro atoms. The zero-order valence-electron chi connectivity index (χ0n) is 16.1. The molecule has 1 heterocycles. The summed E-state index contributed by atoms with van der Waals surface area (Å²) in [4.78, 5) is 17.9. The Bertz CT molecular complexity index is 912. The zero-order chi connectivity index (χ0) is 19.4. The fourth-order valence-corrected chi connectivity index (χ4v) is 3.48. The molecule has 1 aromatic heterocycles. The molecule has 3 aromatic rings. The predicted octanol–water partition coefficient (Wildman–Crippen LogP) is 5.39. The second-order valence-electron chi connectivity index (χ2n) is 6.83. The van der Waals surface area contributed by atoms with E-state index in [0.717, 1.165) is 22.8 Å². The highest BCUT2D eigenvalue weighted by Gasteiger charge is 2.13. The smallest absolute Gasteiger partial charge is 0.251 e. The summed E-state index contributed by atoms with van der Waals surface area (Å²) in [5.41, 5.74) is 3.69. The largest absolute Gasteiger partial charge is 0.441 e. The van der Waals surface area contributed by atoms with Crippen LogP contribution < -0.4 is 5.32 Å². The van der Waals surface area contributed by atoms with Gasteiger partial charge in [0.2, 0.25) is 5.89 Å². The number of aryl methyl sites for hydroxylation is 2. The lowest BCUT2D eigenvalue weighted by molar-refractivity contribution is 0.0943. The van der Waals surface area contributed by atoms with Gasteiger partial charge in [-0.3, -0.25) is 4.79 Å². The standard InChI is InChI=1S/C22H24N2O2S/c1-14(2)23-21(25)17-7-9-18(10-8-17)22-24-20(16(4)26-22)13-27-19-11-5-15(3)6-12-19/h5-12,14H,13H2,1-4H3,(H,23,25). The quantitative estimate of drug-likeness (QED) is 0.583. The van der Waals surface area contributed by atoms with Crippen LogP contribution in [0.5, 0.6) is 0 Å². The van der Waals surface area contributed by atoms with E-state index in [1.54, 1.807) is 23.9 Å². The first-order valence-electron chi connectivity index (χ1n) is 8.99. The van der Waals surface area contributed by atoms with Gasteiger partial charge in [0.1, 0.15) is 5.76 Å². The summed E-state index contributed by atoms with van der Waals surface area (Å²) in [7, 11) is 0. The van der Waals surface area contributed by atoms with E-state index in [2.05, 4.69) is 41.5 Å². The molecule has 140 valence electrons. The molecular weight excluding hydrogens is 356 g/mol. The molecule has 0 aliphatic rings. The van der Waals surface area contributed by atoms with E-state index in [9.17, 15) is 4.79 Å². The Morgan fingerprint density at radius 1 is 1.07 bits per heavy atom. The third-order valence-electron chi connectivity index (χ3n) is 4.10. The van der Waals surface area contributed by atoms with Crippen LogP contribution in [0.15, 0.2) is 57.8 Å². The first-order valence-corrected chi connectivity index (χ1v) is 9.98. The number of hydrogen-bond donors (Lipinski definition) is 1. The summed E-state index contributed by atoms with van der Waals surface area (Å²) < 4.78 is 5.85. The minimum atomic E-state index is -0.0738. The maximum atomic E-state index is 12.0. The molecule has 0 radical (unpaired) electrons. The van der Waals surface area contributed by atoms with Crippen LogP contribution >= 0.6 is 11.8 Å². The number of carbonyl (C=O) groups is 1. The fourth-order valence-electron chi connectivity index (χ4n) is 2.58. The Kier molecular flexibility index (Phi) is 6.01. The van der Waals surface area contributed by atoms with Gasteiger partial charge in [-0.25, -0.2) is 4.98 Å². The second kappa shape index (κ2) is 8.44. The van der Waals surface area contributed by atoms with Crippen molar-refractivity contribution in [2.24, 2.45) is 0 Å². The van der Waals surface area contributed by atoms with Crippen LogP contribution in [0.25, 0.3) is 11.5 Å². The van der Waals surface area contributed by atoms with Gasteiger partial charge in [-0.05, 0) is 64.1 Å². The maximum Gasteiger partial charge on any atom is 0.251 e. The van der Waals surface area contributed by atoms with Gasteiger partial charge in [0.05, 0.1) is 5.69 Å². The van der Waals surface area contributed by atoms with Crippen LogP contribution in [-0.4, -0.2) is 16.9 Å². The Morgan fingerprint density at radius 2 is 1.74 bits per heavy atom. The molecule has 0 aliphatic carbocycles. The average molecular weight is 381 g/mol. The van der Waals surface area contributed by atoms with Gasteiger partial charge in [0, 0.05) is 27.8 Å². The van der Waals surface area contributed by atoms with Crippen molar-refractivity contribution >= 4 is 17.7 Å². The van der Waals surface area contributed by atoms with E-state index >= 15 is 0 Å². The number of benzene rings is 2. The van der Waals surface area contributed by atoms with Gasteiger partial charge in [-0.1, -0.05) is 17.7 Å². The molecule has 0 saturated heterocycles. The topological polar surface area (TPSA) is 55.1 Å². The first kappa shape index (κ1) is 19.2. The van der Waals surface area contributed by atoms with E-state index < -0.39 is 0 Å². The highest BCUT2D eigenvalue weighted by Crippen LogP contribution is 2.28. The lowest BCUT2D eigenvalue weighted by Crippen LogP contribution is -2.29. The maximum absolute atomic E-state index is 12.0. The van der Waals surface area contributed by atoms with Crippen molar-refractivity contribution in [1.29, 1.82) is 0 Å².